The maximum Gasteiger partial charge on any atom is 0.428 e. The second-order valence-electron chi connectivity index (χ2n) is 4.72. The van der Waals surface area contributed by atoms with Gasteiger partial charge in [-0.05, 0) is 12.0 Å². The summed E-state index contributed by atoms with van der Waals surface area (Å²) in [5.74, 6) is 0. The summed E-state index contributed by atoms with van der Waals surface area (Å²) < 4.78 is 74.4. The lowest BCUT2D eigenvalue weighted by Crippen LogP contribution is -2.47. The average Bonchev–Trinajstić information content (AvgIpc) is 2.41. The summed E-state index contributed by atoms with van der Waals surface area (Å²) in [5.41, 5.74) is 0.396. The van der Waals surface area contributed by atoms with E-state index in [1.165, 1.54) is 12.1 Å². The molecule has 0 fully saturated rings. The number of benzene rings is 1. The van der Waals surface area contributed by atoms with E-state index in [-0.39, 0.29) is 0 Å². The van der Waals surface area contributed by atoms with Gasteiger partial charge in [0.05, 0.1) is 0 Å². The van der Waals surface area contributed by atoms with Crippen LogP contribution in [0.2, 0.25) is 0 Å². The highest BCUT2D eigenvalue weighted by Crippen LogP contribution is 2.27. The number of halogens is 6. The summed E-state index contributed by atoms with van der Waals surface area (Å²) in [6.07, 6.45) is -16.5. The number of aliphatic hydroxyl groups excluding tert-OH is 2. The normalized spacial score (nSPS) is 15.9. The molecule has 126 valence electrons. The second kappa shape index (κ2) is 7.30. The Morgan fingerprint density at radius 1 is 0.909 bits per heavy atom. The zero-order chi connectivity index (χ0) is 17.0. The van der Waals surface area contributed by atoms with Crippen LogP contribution in [0, 0.1) is 0 Å². The molecule has 2 atom stereocenters. The molecule has 1 aromatic carbocycles. The molecule has 0 aliphatic heterocycles. The van der Waals surface area contributed by atoms with Gasteiger partial charge in [-0.2, -0.15) is 26.3 Å². The number of alkyl halides is 6. The van der Waals surface area contributed by atoms with Crippen molar-refractivity contribution in [2.24, 2.45) is 0 Å². The number of hydrogen-bond donors (Lipinski definition) is 2. The van der Waals surface area contributed by atoms with Gasteiger partial charge in [-0.1, -0.05) is 30.3 Å². The summed E-state index contributed by atoms with van der Waals surface area (Å²) in [6, 6.07) is 7.70. The van der Waals surface area contributed by atoms with Crippen molar-refractivity contribution in [3.8, 4) is 0 Å². The van der Waals surface area contributed by atoms with Crippen molar-refractivity contribution in [3.05, 3.63) is 35.9 Å². The summed E-state index contributed by atoms with van der Waals surface area (Å²) in [6.45, 7) is -1.16. The Labute approximate surface area is 122 Å². The van der Waals surface area contributed by atoms with E-state index in [0.717, 1.165) is 0 Å². The Balaban J connectivity index is 2.79. The van der Waals surface area contributed by atoms with Crippen LogP contribution >= 0.6 is 0 Å². The van der Waals surface area contributed by atoms with Gasteiger partial charge >= 0.3 is 12.4 Å². The van der Waals surface area contributed by atoms with Gasteiger partial charge in [0.2, 0.25) is 6.23 Å². The maximum atomic E-state index is 12.6. The van der Waals surface area contributed by atoms with E-state index in [9.17, 15) is 31.4 Å². The lowest BCUT2D eigenvalue weighted by Gasteiger charge is -2.30. The molecular formula is C13H15F6NO2. The molecule has 2 unspecified atom stereocenters. The third-order valence-corrected chi connectivity index (χ3v) is 2.93. The molecule has 1 rings (SSSR count). The van der Waals surface area contributed by atoms with Crippen molar-refractivity contribution in [3.63, 3.8) is 0 Å². The van der Waals surface area contributed by atoms with E-state index in [4.69, 9.17) is 5.11 Å². The van der Waals surface area contributed by atoms with Crippen LogP contribution in [0.15, 0.2) is 30.3 Å². The van der Waals surface area contributed by atoms with Crippen molar-refractivity contribution < 1.29 is 36.6 Å². The highest BCUT2D eigenvalue weighted by Gasteiger charge is 2.44. The monoisotopic (exact) mass is 331 g/mol. The fourth-order valence-corrected chi connectivity index (χ4v) is 1.76. The van der Waals surface area contributed by atoms with E-state index < -0.39 is 44.2 Å². The van der Waals surface area contributed by atoms with E-state index in [0.29, 0.717) is 10.5 Å². The molecule has 9 heteroatoms. The van der Waals surface area contributed by atoms with Crippen LogP contribution in [0.1, 0.15) is 12.0 Å². The quantitative estimate of drug-likeness (QED) is 0.622. The minimum absolute atomic E-state index is 0.396. The minimum Gasteiger partial charge on any atom is -0.384 e. The Morgan fingerprint density at radius 2 is 1.45 bits per heavy atom. The molecule has 0 bridgehead atoms. The SMILES string of the molecule is OC(CCN(Cc1ccccc1)C(O)C(F)(F)F)C(F)(F)F. The largest absolute Gasteiger partial charge is 0.428 e. The van der Waals surface area contributed by atoms with Crippen LogP contribution < -0.4 is 0 Å². The van der Waals surface area contributed by atoms with Crippen LogP contribution in [0.3, 0.4) is 0 Å². The first-order valence-electron chi connectivity index (χ1n) is 6.29. The molecule has 2 N–H and O–H groups in total. The first-order chi connectivity index (χ1) is 10.0. The zero-order valence-electron chi connectivity index (χ0n) is 11.3. The van der Waals surface area contributed by atoms with Crippen molar-refractivity contribution in [2.75, 3.05) is 6.54 Å². The van der Waals surface area contributed by atoms with Crippen LogP contribution in [0.5, 0.6) is 0 Å². The van der Waals surface area contributed by atoms with Crippen molar-refractivity contribution in [1.29, 1.82) is 0 Å². The van der Waals surface area contributed by atoms with Gasteiger partial charge in [-0.3, -0.25) is 4.90 Å². The number of nitrogens with zero attached hydrogens (tertiary/aromatic N) is 1. The van der Waals surface area contributed by atoms with E-state index in [1.54, 1.807) is 18.2 Å². The van der Waals surface area contributed by atoms with Crippen LogP contribution in [-0.4, -0.2) is 46.3 Å². The molecule has 0 heterocycles. The van der Waals surface area contributed by atoms with Gasteiger partial charge in [0.1, 0.15) is 0 Å². The lowest BCUT2D eigenvalue weighted by atomic mass is 10.1. The van der Waals surface area contributed by atoms with E-state index in [2.05, 4.69) is 0 Å². The minimum atomic E-state index is -5.00. The predicted octanol–water partition coefficient (Wildman–Crippen LogP) is 2.68. The molecule has 1 aromatic rings. The van der Waals surface area contributed by atoms with Crippen molar-refractivity contribution >= 4 is 0 Å². The van der Waals surface area contributed by atoms with Gasteiger partial charge in [0.25, 0.3) is 0 Å². The lowest BCUT2D eigenvalue weighted by molar-refractivity contribution is -0.255. The first-order valence-corrected chi connectivity index (χ1v) is 6.29. The van der Waals surface area contributed by atoms with Gasteiger partial charge in [-0.25, -0.2) is 0 Å². The predicted molar refractivity (Wildman–Crippen MR) is 65.6 cm³/mol. The fraction of sp³-hybridized carbons (Fsp3) is 0.538. The highest BCUT2D eigenvalue weighted by molar-refractivity contribution is 5.14. The maximum absolute atomic E-state index is 12.6. The van der Waals surface area contributed by atoms with Crippen LogP contribution in [-0.2, 0) is 6.54 Å². The molecule has 3 nitrogen and oxygen atoms in total. The molecule has 0 aliphatic rings. The fourth-order valence-electron chi connectivity index (χ4n) is 1.76. The van der Waals surface area contributed by atoms with E-state index in [1.807, 2.05) is 0 Å². The molecule has 22 heavy (non-hydrogen) atoms. The van der Waals surface area contributed by atoms with Crippen molar-refractivity contribution in [1.82, 2.24) is 4.90 Å². The molecule has 0 saturated heterocycles. The molecule has 0 aliphatic carbocycles. The van der Waals surface area contributed by atoms with E-state index >= 15 is 0 Å². The summed E-state index contributed by atoms with van der Waals surface area (Å²) in [5, 5.41) is 18.1. The summed E-state index contributed by atoms with van der Waals surface area (Å²) in [4.78, 5) is 0.435. The number of aliphatic hydroxyl groups is 2. The molecule has 0 amide bonds. The summed E-state index contributed by atoms with van der Waals surface area (Å²) >= 11 is 0. The van der Waals surface area contributed by atoms with Gasteiger partial charge in [0, 0.05) is 13.1 Å². The average molecular weight is 331 g/mol. The molecule has 0 radical (unpaired) electrons. The highest BCUT2D eigenvalue weighted by atomic mass is 19.4. The zero-order valence-corrected chi connectivity index (χ0v) is 11.3. The first kappa shape index (κ1) is 18.7. The Hall–Kier alpha value is -1.32. The number of hydrogen-bond acceptors (Lipinski definition) is 3. The molecule has 0 saturated carbocycles. The van der Waals surface area contributed by atoms with Gasteiger partial charge < -0.3 is 10.2 Å². The molecule has 0 spiro atoms. The molecular weight excluding hydrogens is 316 g/mol. The third kappa shape index (κ3) is 5.82. The summed E-state index contributed by atoms with van der Waals surface area (Å²) in [7, 11) is 0. The van der Waals surface area contributed by atoms with Gasteiger partial charge in [0.15, 0.2) is 6.10 Å². The number of rotatable bonds is 6. The molecule has 0 aromatic heterocycles. The van der Waals surface area contributed by atoms with Gasteiger partial charge in [-0.15, -0.1) is 0 Å². The standard InChI is InChI=1S/C13H15F6NO2/c14-12(15,16)10(21)6-7-20(11(22)13(17,18)19)8-9-4-2-1-3-5-9/h1-5,10-11,21-22H,6-8H2. The van der Waals surface area contributed by atoms with Crippen molar-refractivity contribution in [2.45, 2.75) is 37.7 Å². The topological polar surface area (TPSA) is 43.7 Å². The Bertz CT molecular complexity index is 448. The Morgan fingerprint density at radius 3 is 1.91 bits per heavy atom. The smallest absolute Gasteiger partial charge is 0.384 e. The third-order valence-electron chi connectivity index (χ3n) is 2.93. The van der Waals surface area contributed by atoms with Crippen LogP contribution in [0.4, 0.5) is 26.3 Å². The Kier molecular flexibility index (Phi) is 6.21. The van der Waals surface area contributed by atoms with Crippen LogP contribution in [0.25, 0.3) is 0 Å². The second-order valence-corrected chi connectivity index (χ2v) is 4.72.